The summed E-state index contributed by atoms with van der Waals surface area (Å²) in [5, 5.41) is 2.34. The van der Waals surface area contributed by atoms with Gasteiger partial charge in [0.25, 0.3) is 0 Å². The normalized spacial score (nSPS) is 9.88. The van der Waals surface area contributed by atoms with E-state index in [1.54, 1.807) is 6.20 Å². The summed E-state index contributed by atoms with van der Waals surface area (Å²) in [6.07, 6.45) is 1.80. The molecule has 86 valence electrons. The minimum absolute atomic E-state index is 0. The second-order valence-electron chi connectivity index (χ2n) is 3.67. The number of rotatable bonds is 1. The largest absolute Gasteiger partial charge is 0.295 e. The quantitative estimate of drug-likeness (QED) is 0.569. The van der Waals surface area contributed by atoms with E-state index in [4.69, 9.17) is 0 Å². The van der Waals surface area contributed by atoms with E-state index in [2.05, 4.69) is 35.3 Å². The Labute approximate surface area is 115 Å². The molecule has 0 saturated heterocycles. The average Bonchev–Trinajstić information content (AvgIpc) is 2.39. The van der Waals surface area contributed by atoms with E-state index in [9.17, 15) is 0 Å². The fraction of sp³-hybridized carbons (Fsp3) is 0. The van der Waals surface area contributed by atoms with E-state index < -0.39 is 0 Å². The van der Waals surface area contributed by atoms with Crippen molar-refractivity contribution in [1.29, 1.82) is 0 Å². The Kier molecular flexibility index (Phi) is 3.71. The zero-order chi connectivity index (χ0) is 10.8. The molecule has 2 aromatic carbocycles. The first-order chi connectivity index (χ1) is 7.93. The van der Waals surface area contributed by atoms with Gasteiger partial charge in [-0.3, -0.25) is 4.98 Å². The Morgan fingerprint density at radius 1 is 0.824 bits per heavy atom. The molecule has 1 nitrogen and oxygen atoms in total. The SMILES string of the molecule is [Pt].[c-]1c(-c2ccccn2)ccc2ccccc12. The number of nitrogens with zero attached hydrogens (tertiary/aromatic N) is 1. The van der Waals surface area contributed by atoms with Crippen molar-refractivity contribution < 1.29 is 21.1 Å². The standard InChI is InChI=1S/C15H10N.Pt/c1-2-6-13-11-14(9-8-12(13)5-1)15-7-3-4-10-16-15;/h1-10H;/q-1;. The molecule has 0 atom stereocenters. The van der Waals surface area contributed by atoms with Crippen molar-refractivity contribution in [2.24, 2.45) is 0 Å². The van der Waals surface area contributed by atoms with Gasteiger partial charge in [-0.1, -0.05) is 41.3 Å². The van der Waals surface area contributed by atoms with Gasteiger partial charge < -0.3 is 0 Å². The Morgan fingerprint density at radius 2 is 1.65 bits per heavy atom. The van der Waals surface area contributed by atoms with Gasteiger partial charge in [-0.25, -0.2) is 0 Å². The molecule has 1 aromatic heterocycles. The number of fused-ring (bicyclic) bond motifs is 1. The van der Waals surface area contributed by atoms with Crippen LogP contribution in [0.2, 0.25) is 0 Å². The molecule has 17 heavy (non-hydrogen) atoms. The average molecular weight is 399 g/mol. The van der Waals surface area contributed by atoms with Crippen molar-refractivity contribution in [2.45, 2.75) is 0 Å². The number of hydrogen-bond donors (Lipinski definition) is 0. The molecule has 2 heteroatoms. The third kappa shape index (κ3) is 2.45. The van der Waals surface area contributed by atoms with Crippen molar-refractivity contribution in [1.82, 2.24) is 4.98 Å². The summed E-state index contributed by atoms with van der Waals surface area (Å²) in [7, 11) is 0. The zero-order valence-electron chi connectivity index (χ0n) is 9.04. The van der Waals surface area contributed by atoms with Gasteiger partial charge in [-0.2, -0.15) is 0 Å². The third-order valence-corrected chi connectivity index (χ3v) is 2.60. The number of aromatic nitrogens is 1. The molecule has 0 fully saturated rings. The van der Waals surface area contributed by atoms with Crippen LogP contribution in [0.3, 0.4) is 0 Å². The molecule has 0 bridgehead atoms. The molecule has 0 N–H and O–H groups in total. The van der Waals surface area contributed by atoms with Crippen molar-refractivity contribution in [2.75, 3.05) is 0 Å². The summed E-state index contributed by atoms with van der Waals surface area (Å²) in [5.74, 6) is 0. The van der Waals surface area contributed by atoms with Crippen molar-refractivity contribution in [3.8, 4) is 11.3 Å². The van der Waals surface area contributed by atoms with Gasteiger partial charge in [-0.05, 0) is 6.07 Å². The summed E-state index contributed by atoms with van der Waals surface area (Å²) >= 11 is 0. The third-order valence-electron chi connectivity index (χ3n) is 2.60. The van der Waals surface area contributed by atoms with Crippen LogP contribution in [0.5, 0.6) is 0 Å². The summed E-state index contributed by atoms with van der Waals surface area (Å²) in [6, 6.07) is 21.7. The topological polar surface area (TPSA) is 12.9 Å². The molecule has 0 aliphatic heterocycles. The first kappa shape index (κ1) is 12.0. The second-order valence-corrected chi connectivity index (χ2v) is 3.67. The van der Waals surface area contributed by atoms with E-state index in [1.165, 1.54) is 5.39 Å². The summed E-state index contributed by atoms with van der Waals surface area (Å²) in [6.45, 7) is 0. The number of benzene rings is 2. The first-order valence-corrected chi connectivity index (χ1v) is 5.26. The van der Waals surface area contributed by atoms with E-state index in [0.717, 1.165) is 16.6 Å². The molecule has 3 aromatic rings. The van der Waals surface area contributed by atoms with Gasteiger partial charge >= 0.3 is 0 Å². The van der Waals surface area contributed by atoms with Gasteiger partial charge in [0.05, 0.1) is 0 Å². The second kappa shape index (κ2) is 5.25. The number of pyridine rings is 1. The van der Waals surface area contributed by atoms with Gasteiger partial charge in [-0.15, -0.1) is 29.7 Å². The predicted molar refractivity (Wildman–Crippen MR) is 66.0 cm³/mol. The van der Waals surface area contributed by atoms with Crippen molar-refractivity contribution in [3.05, 3.63) is 66.9 Å². The maximum atomic E-state index is 4.32. The van der Waals surface area contributed by atoms with E-state index in [0.29, 0.717) is 0 Å². The van der Waals surface area contributed by atoms with Crippen LogP contribution < -0.4 is 0 Å². The van der Waals surface area contributed by atoms with Crippen LogP contribution in [0, 0.1) is 6.07 Å². The molecule has 0 amide bonds. The summed E-state index contributed by atoms with van der Waals surface area (Å²) in [5.41, 5.74) is 2.01. The molecule has 1 heterocycles. The Hall–Kier alpha value is -1.46. The molecule has 3 rings (SSSR count). The first-order valence-electron chi connectivity index (χ1n) is 5.26. The van der Waals surface area contributed by atoms with Crippen LogP contribution in [-0.4, -0.2) is 4.98 Å². The van der Waals surface area contributed by atoms with Gasteiger partial charge in [0.2, 0.25) is 0 Å². The maximum absolute atomic E-state index is 4.32. The molecule has 0 saturated carbocycles. The molecular weight excluding hydrogens is 389 g/mol. The van der Waals surface area contributed by atoms with E-state index in [-0.39, 0.29) is 21.1 Å². The Morgan fingerprint density at radius 3 is 2.47 bits per heavy atom. The van der Waals surface area contributed by atoms with Crippen molar-refractivity contribution in [3.63, 3.8) is 0 Å². The van der Waals surface area contributed by atoms with Gasteiger partial charge in [0.15, 0.2) is 0 Å². The predicted octanol–water partition coefficient (Wildman–Crippen LogP) is 3.70. The summed E-state index contributed by atoms with van der Waals surface area (Å²) in [4.78, 5) is 4.32. The molecular formula is C15H10NPt-. The monoisotopic (exact) mass is 399 g/mol. The fourth-order valence-electron chi connectivity index (χ4n) is 1.79. The Bertz CT molecular complexity index is 620. The van der Waals surface area contributed by atoms with Gasteiger partial charge in [0.1, 0.15) is 0 Å². The molecule has 0 spiro atoms. The van der Waals surface area contributed by atoms with Crippen LogP contribution >= 0.6 is 0 Å². The molecule has 0 aliphatic rings. The van der Waals surface area contributed by atoms with Crippen LogP contribution in [0.25, 0.3) is 22.0 Å². The van der Waals surface area contributed by atoms with Crippen LogP contribution in [0.1, 0.15) is 0 Å². The molecule has 0 unspecified atom stereocenters. The minimum atomic E-state index is 0. The van der Waals surface area contributed by atoms with E-state index >= 15 is 0 Å². The molecule has 0 radical (unpaired) electrons. The fourth-order valence-corrected chi connectivity index (χ4v) is 1.79. The minimum Gasteiger partial charge on any atom is -0.295 e. The summed E-state index contributed by atoms with van der Waals surface area (Å²) < 4.78 is 0. The zero-order valence-corrected chi connectivity index (χ0v) is 11.3. The van der Waals surface area contributed by atoms with Crippen molar-refractivity contribution >= 4 is 10.8 Å². The maximum Gasteiger partial charge on any atom is 0.0183 e. The Balaban J connectivity index is 0.00000108. The van der Waals surface area contributed by atoms with E-state index in [1.807, 2.05) is 30.3 Å². The van der Waals surface area contributed by atoms with Crippen LogP contribution in [0.15, 0.2) is 60.8 Å². The smallest absolute Gasteiger partial charge is 0.0183 e. The molecule has 0 aliphatic carbocycles. The number of hydrogen-bond acceptors (Lipinski definition) is 1. The van der Waals surface area contributed by atoms with Crippen LogP contribution in [-0.2, 0) is 21.1 Å². The van der Waals surface area contributed by atoms with Gasteiger partial charge in [0, 0.05) is 33.0 Å². The van der Waals surface area contributed by atoms with Crippen LogP contribution in [0.4, 0.5) is 0 Å².